The molecule has 7 heteroatoms. The van der Waals surface area contributed by atoms with Gasteiger partial charge in [-0.3, -0.25) is 4.98 Å². The van der Waals surface area contributed by atoms with Gasteiger partial charge >= 0.3 is 0 Å². The molecule has 1 aromatic carbocycles. The molecule has 2 N–H and O–H groups in total. The smallest absolute Gasteiger partial charge is 0.246 e. The molecule has 0 spiro atoms. The monoisotopic (exact) mass is 309 g/mol. The van der Waals surface area contributed by atoms with Crippen LogP contribution in [0.3, 0.4) is 0 Å². The minimum absolute atomic E-state index is 0.194. The Morgan fingerprint density at radius 2 is 1.86 bits per heavy atom. The molecule has 2 rings (SSSR count). The zero-order valence-corrected chi connectivity index (χ0v) is 12.5. The molecule has 0 radical (unpaired) electrons. The second-order valence-electron chi connectivity index (χ2n) is 4.67. The minimum Gasteiger partial charge on any atom is -0.399 e. The molecule has 1 atom stereocenters. The molecule has 0 aliphatic carbocycles. The van der Waals surface area contributed by atoms with Crippen LogP contribution in [0.5, 0.6) is 0 Å². The first-order chi connectivity index (χ1) is 9.84. The molecule has 0 fully saturated rings. The second kappa shape index (κ2) is 5.79. The molecule has 21 heavy (non-hydrogen) atoms. The molecule has 0 saturated carbocycles. The lowest BCUT2D eigenvalue weighted by atomic mass is 10.1. The van der Waals surface area contributed by atoms with Gasteiger partial charge < -0.3 is 5.73 Å². The fraction of sp³-hybridized carbons (Fsp3) is 0.214. The molecule has 1 unspecified atom stereocenters. The van der Waals surface area contributed by atoms with Gasteiger partial charge in [-0.15, -0.1) is 0 Å². The van der Waals surface area contributed by atoms with Gasteiger partial charge in [0.15, 0.2) is 0 Å². The number of sulfonamides is 1. The zero-order chi connectivity index (χ0) is 15.6. The number of nitrogens with zero attached hydrogens (tertiary/aromatic N) is 2. The maximum absolute atomic E-state index is 13.8. The van der Waals surface area contributed by atoms with E-state index >= 15 is 0 Å². The maximum atomic E-state index is 13.8. The average molecular weight is 309 g/mol. The van der Waals surface area contributed by atoms with Crippen LogP contribution in [0.1, 0.15) is 18.5 Å². The predicted molar refractivity (Wildman–Crippen MR) is 78.4 cm³/mol. The van der Waals surface area contributed by atoms with Gasteiger partial charge in [0, 0.05) is 31.2 Å². The van der Waals surface area contributed by atoms with E-state index in [2.05, 4.69) is 4.98 Å². The number of hydrogen-bond donors (Lipinski definition) is 1. The van der Waals surface area contributed by atoms with Crippen molar-refractivity contribution >= 4 is 15.7 Å². The van der Waals surface area contributed by atoms with Crippen LogP contribution in [0.15, 0.2) is 47.6 Å². The van der Waals surface area contributed by atoms with Crippen LogP contribution in [-0.4, -0.2) is 24.8 Å². The largest absolute Gasteiger partial charge is 0.399 e. The van der Waals surface area contributed by atoms with Crippen LogP contribution < -0.4 is 5.73 Å². The van der Waals surface area contributed by atoms with Gasteiger partial charge in [0.1, 0.15) is 10.7 Å². The number of halogens is 1. The van der Waals surface area contributed by atoms with Crippen molar-refractivity contribution < 1.29 is 12.8 Å². The first kappa shape index (κ1) is 15.4. The Bertz CT molecular complexity index is 735. The van der Waals surface area contributed by atoms with Crippen LogP contribution in [0, 0.1) is 5.82 Å². The quantitative estimate of drug-likeness (QED) is 0.878. The summed E-state index contributed by atoms with van der Waals surface area (Å²) in [4.78, 5) is 3.46. The Kier molecular flexibility index (Phi) is 4.24. The SMILES string of the molecule is CC(c1ccncc1)N(C)S(=O)(=O)c1cc(N)ccc1F. The summed E-state index contributed by atoms with van der Waals surface area (Å²) >= 11 is 0. The number of aromatic nitrogens is 1. The summed E-state index contributed by atoms with van der Waals surface area (Å²) < 4.78 is 40.0. The predicted octanol–water partition coefficient (Wildman–Crippen LogP) is 2.18. The number of anilines is 1. The van der Waals surface area contributed by atoms with E-state index in [-0.39, 0.29) is 5.69 Å². The second-order valence-corrected chi connectivity index (χ2v) is 6.63. The number of nitrogens with two attached hydrogens (primary N) is 1. The van der Waals surface area contributed by atoms with Crippen LogP contribution in [0.4, 0.5) is 10.1 Å². The average Bonchev–Trinajstić information content (AvgIpc) is 2.49. The summed E-state index contributed by atoms with van der Waals surface area (Å²) in [7, 11) is -2.58. The highest BCUT2D eigenvalue weighted by molar-refractivity contribution is 7.89. The van der Waals surface area contributed by atoms with Gasteiger partial charge in [0.25, 0.3) is 0 Å². The van der Waals surface area contributed by atoms with Gasteiger partial charge in [-0.2, -0.15) is 4.31 Å². The molecule has 0 aliphatic rings. The Morgan fingerprint density at radius 1 is 1.24 bits per heavy atom. The Morgan fingerprint density at radius 3 is 2.48 bits per heavy atom. The molecule has 0 aliphatic heterocycles. The first-order valence-corrected chi connectivity index (χ1v) is 7.71. The third-order valence-corrected chi connectivity index (χ3v) is 5.29. The summed E-state index contributed by atoms with van der Waals surface area (Å²) in [6, 6.07) is 6.46. The molecule has 1 heterocycles. The third-order valence-electron chi connectivity index (χ3n) is 3.35. The van der Waals surface area contributed by atoms with Crippen molar-refractivity contribution in [1.82, 2.24) is 9.29 Å². The lowest BCUT2D eigenvalue weighted by Gasteiger charge is -2.24. The first-order valence-electron chi connectivity index (χ1n) is 6.27. The Balaban J connectivity index is 2.41. The normalized spacial score (nSPS) is 13.3. The maximum Gasteiger partial charge on any atom is 0.246 e. The van der Waals surface area contributed by atoms with Crippen molar-refractivity contribution in [3.8, 4) is 0 Å². The standard InChI is InChI=1S/C14H16FN3O2S/c1-10(11-5-7-17-8-6-11)18(2)21(19,20)14-9-12(16)3-4-13(14)15/h3-10H,16H2,1-2H3. The molecule has 0 amide bonds. The molecular weight excluding hydrogens is 293 g/mol. The molecule has 2 aromatic rings. The number of benzene rings is 1. The van der Waals surface area contributed by atoms with Crippen LogP contribution >= 0.6 is 0 Å². The molecule has 0 saturated heterocycles. The fourth-order valence-electron chi connectivity index (χ4n) is 1.93. The number of nitrogen functional groups attached to an aromatic ring is 1. The van der Waals surface area contributed by atoms with Crippen LogP contribution in [0.25, 0.3) is 0 Å². The molecule has 112 valence electrons. The highest BCUT2D eigenvalue weighted by Gasteiger charge is 2.29. The van der Waals surface area contributed by atoms with E-state index in [0.717, 1.165) is 22.0 Å². The number of hydrogen-bond acceptors (Lipinski definition) is 4. The van der Waals surface area contributed by atoms with Crippen molar-refractivity contribution in [2.45, 2.75) is 17.9 Å². The van der Waals surface area contributed by atoms with Gasteiger partial charge in [-0.25, -0.2) is 12.8 Å². The van der Waals surface area contributed by atoms with Gasteiger partial charge in [0.05, 0.1) is 0 Å². The Labute approximate surface area is 123 Å². The van der Waals surface area contributed by atoms with Gasteiger partial charge in [-0.1, -0.05) is 0 Å². The van der Waals surface area contributed by atoms with E-state index in [1.165, 1.54) is 13.1 Å². The molecule has 5 nitrogen and oxygen atoms in total. The minimum atomic E-state index is -3.98. The van der Waals surface area contributed by atoms with Crippen molar-refractivity contribution in [3.05, 3.63) is 54.1 Å². The van der Waals surface area contributed by atoms with E-state index in [9.17, 15) is 12.8 Å². The number of rotatable bonds is 4. The van der Waals surface area contributed by atoms with E-state index in [1.807, 2.05) is 0 Å². The van der Waals surface area contributed by atoms with E-state index in [4.69, 9.17) is 5.73 Å². The van der Waals surface area contributed by atoms with Crippen molar-refractivity contribution in [3.63, 3.8) is 0 Å². The number of pyridine rings is 1. The van der Waals surface area contributed by atoms with Crippen molar-refractivity contribution in [2.75, 3.05) is 12.8 Å². The van der Waals surface area contributed by atoms with Crippen molar-refractivity contribution in [1.29, 1.82) is 0 Å². The van der Waals surface area contributed by atoms with Crippen molar-refractivity contribution in [2.24, 2.45) is 0 Å². The lowest BCUT2D eigenvalue weighted by molar-refractivity contribution is 0.395. The molecule has 0 bridgehead atoms. The van der Waals surface area contributed by atoms with E-state index < -0.39 is 26.8 Å². The van der Waals surface area contributed by atoms with Gasteiger partial charge in [0.2, 0.25) is 10.0 Å². The summed E-state index contributed by atoms with van der Waals surface area (Å²) in [6.45, 7) is 1.72. The zero-order valence-electron chi connectivity index (χ0n) is 11.7. The summed E-state index contributed by atoms with van der Waals surface area (Å²) in [6.07, 6.45) is 3.15. The summed E-state index contributed by atoms with van der Waals surface area (Å²) in [5, 5.41) is 0. The molecular formula is C14H16FN3O2S. The van der Waals surface area contributed by atoms with E-state index in [1.54, 1.807) is 31.5 Å². The van der Waals surface area contributed by atoms with Crippen LogP contribution in [-0.2, 0) is 10.0 Å². The lowest BCUT2D eigenvalue weighted by Crippen LogP contribution is -2.30. The highest BCUT2D eigenvalue weighted by atomic mass is 32.2. The molecule has 1 aromatic heterocycles. The van der Waals surface area contributed by atoms with Gasteiger partial charge in [-0.05, 0) is 42.8 Å². The third kappa shape index (κ3) is 3.03. The highest BCUT2D eigenvalue weighted by Crippen LogP contribution is 2.27. The summed E-state index contributed by atoms with van der Waals surface area (Å²) in [5.41, 5.74) is 6.51. The van der Waals surface area contributed by atoms with E-state index in [0.29, 0.717) is 0 Å². The van der Waals surface area contributed by atoms with Crippen LogP contribution in [0.2, 0.25) is 0 Å². The summed E-state index contributed by atoms with van der Waals surface area (Å²) in [5.74, 6) is -0.821. The topological polar surface area (TPSA) is 76.3 Å². The Hall–Kier alpha value is -1.99. The fourth-order valence-corrected chi connectivity index (χ4v) is 3.38.